The SMILES string of the molecule is CCOc1ccc2ccccc2c1/C=N\NC(=O)C(=O)NC. The highest BCUT2D eigenvalue weighted by atomic mass is 16.5. The third kappa shape index (κ3) is 3.41. The molecule has 2 aromatic carbocycles. The number of carbonyl (C=O) groups is 2. The first-order chi connectivity index (χ1) is 10.7. The minimum Gasteiger partial charge on any atom is -0.493 e. The minimum absolute atomic E-state index is 0.518. The van der Waals surface area contributed by atoms with Gasteiger partial charge in [-0.1, -0.05) is 30.3 Å². The predicted octanol–water partition coefficient (Wildman–Crippen LogP) is 1.43. The molecule has 0 aliphatic rings. The third-order valence-electron chi connectivity index (χ3n) is 3.02. The van der Waals surface area contributed by atoms with Crippen molar-refractivity contribution in [1.82, 2.24) is 10.7 Å². The Bertz CT molecular complexity index is 726. The molecule has 0 bridgehead atoms. The second-order valence-corrected chi connectivity index (χ2v) is 4.41. The van der Waals surface area contributed by atoms with Crippen LogP contribution in [0, 0.1) is 0 Å². The van der Waals surface area contributed by atoms with Crippen molar-refractivity contribution in [2.24, 2.45) is 5.10 Å². The van der Waals surface area contributed by atoms with Gasteiger partial charge in [0, 0.05) is 12.6 Å². The zero-order chi connectivity index (χ0) is 15.9. The first-order valence-corrected chi connectivity index (χ1v) is 6.87. The molecule has 2 rings (SSSR count). The molecule has 0 aromatic heterocycles. The van der Waals surface area contributed by atoms with E-state index >= 15 is 0 Å². The van der Waals surface area contributed by atoms with Crippen LogP contribution >= 0.6 is 0 Å². The number of benzene rings is 2. The number of carbonyl (C=O) groups excluding carboxylic acids is 2. The smallest absolute Gasteiger partial charge is 0.329 e. The van der Waals surface area contributed by atoms with E-state index in [1.54, 1.807) is 0 Å². The van der Waals surface area contributed by atoms with Crippen molar-refractivity contribution in [3.05, 3.63) is 42.0 Å². The van der Waals surface area contributed by atoms with Gasteiger partial charge in [0.1, 0.15) is 5.75 Å². The van der Waals surface area contributed by atoms with Crippen molar-refractivity contribution in [3.63, 3.8) is 0 Å². The zero-order valence-electron chi connectivity index (χ0n) is 12.4. The Kier molecular flexibility index (Phi) is 5.08. The van der Waals surface area contributed by atoms with Gasteiger partial charge in [-0.25, -0.2) is 5.43 Å². The fraction of sp³-hybridized carbons (Fsp3) is 0.188. The molecule has 2 aromatic rings. The van der Waals surface area contributed by atoms with Crippen molar-refractivity contribution >= 4 is 28.8 Å². The summed E-state index contributed by atoms with van der Waals surface area (Å²) in [5, 5.41) is 8.05. The van der Waals surface area contributed by atoms with Gasteiger partial charge < -0.3 is 10.1 Å². The number of rotatable bonds is 4. The van der Waals surface area contributed by atoms with Crippen LogP contribution in [0.2, 0.25) is 0 Å². The number of likely N-dealkylation sites (N-methyl/N-ethyl adjacent to an activating group) is 1. The molecule has 0 aliphatic carbocycles. The van der Waals surface area contributed by atoms with Gasteiger partial charge >= 0.3 is 11.8 Å². The van der Waals surface area contributed by atoms with Gasteiger partial charge in [-0.3, -0.25) is 9.59 Å². The second kappa shape index (κ2) is 7.21. The second-order valence-electron chi connectivity index (χ2n) is 4.41. The fourth-order valence-corrected chi connectivity index (χ4v) is 2.01. The van der Waals surface area contributed by atoms with E-state index in [9.17, 15) is 9.59 Å². The van der Waals surface area contributed by atoms with E-state index in [1.807, 2.05) is 43.3 Å². The maximum absolute atomic E-state index is 11.4. The normalized spacial score (nSPS) is 10.6. The predicted molar refractivity (Wildman–Crippen MR) is 84.9 cm³/mol. The minimum atomic E-state index is -0.822. The molecule has 0 heterocycles. The molecule has 2 amide bonds. The standard InChI is InChI=1S/C16H17N3O3/c1-3-22-14-9-8-11-6-4-5-7-12(11)13(14)10-18-19-16(21)15(20)17-2/h4-10H,3H2,1-2H3,(H,17,20)(H,19,21)/b18-10-. The number of nitrogens with zero attached hydrogens (tertiary/aromatic N) is 1. The summed E-state index contributed by atoms with van der Waals surface area (Å²) in [6.45, 7) is 2.41. The van der Waals surface area contributed by atoms with E-state index < -0.39 is 11.8 Å². The number of fused-ring (bicyclic) bond motifs is 1. The average Bonchev–Trinajstić information content (AvgIpc) is 2.55. The summed E-state index contributed by atoms with van der Waals surface area (Å²) in [5.74, 6) is -0.906. The molecular weight excluding hydrogens is 282 g/mol. The van der Waals surface area contributed by atoms with E-state index in [0.29, 0.717) is 12.4 Å². The first-order valence-electron chi connectivity index (χ1n) is 6.87. The number of amides is 2. The van der Waals surface area contributed by atoms with Crippen molar-refractivity contribution in [1.29, 1.82) is 0 Å². The molecule has 2 N–H and O–H groups in total. The summed E-state index contributed by atoms with van der Waals surface area (Å²) in [5.41, 5.74) is 2.93. The Balaban J connectivity index is 2.33. The monoisotopic (exact) mass is 299 g/mol. The van der Waals surface area contributed by atoms with E-state index in [0.717, 1.165) is 16.3 Å². The van der Waals surface area contributed by atoms with E-state index in [-0.39, 0.29) is 0 Å². The van der Waals surface area contributed by atoms with Crippen LogP contribution < -0.4 is 15.5 Å². The Hall–Kier alpha value is -2.89. The number of hydrogen-bond donors (Lipinski definition) is 2. The van der Waals surface area contributed by atoms with Crippen LogP contribution in [0.5, 0.6) is 5.75 Å². The lowest BCUT2D eigenvalue weighted by atomic mass is 10.0. The van der Waals surface area contributed by atoms with Gasteiger partial charge in [-0.2, -0.15) is 5.10 Å². The maximum atomic E-state index is 11.4. The molecule has 6 heteroatoms. The lowest BCUT2D eigenvalue weighted by molar-refractivity contribution is -0.138. The quantitative estimate of drug-likeness (QED) is 0.509. The van der Waals surface area contributed by atoms with Gasteiger partial charge in [-0.05, 0) is 23.8 Å². The zero-order valence-corrected chi connectivity index (χ0v) is 12.4. The largest absolute Gasteiger partial charge is 0.493 e. The molecule has 0 atom stereocenters. The Morgan fingerprint density at radius 2 is 1.95 bits per heavy atom. The molecule has 6 nitrogen and oxygen atoms in total. The third-order valence-corrected chi connectivity index (χ3v) is 3.02. The Morgan fingerprint density at radius 1 is 1.18 bits per heavy atom. The molecule has 0 saturated heterocycles. The number of hydrogen-bond acceptors (Lipinski definition) is 4. The van der Waals surface area contributed by atoms with Crippen LogP contribution in [0.1, 0.15) is 12.5 Å². The van der Waals surface area contributed by atoms with Gasteiger partial charge in [-0.15, -0.1) is 0 Å². The maximum Gasteiger partial charge on any atom is 0.329 e. The van der Waals surface area contributed by atoms with Crippen LogP contribution in [0.15, 0.2) is 41.5 Å². The van der Waals surface area contributed by atoms with Crippen LogP contribution in [0.25, 0.3) is 10.8 Å². The van der Waals surface area contributed by atoms with Crippen LogP contribution in [-0.4, -0.2) is 31.7 Å². The fourth-order valence-electron chi connectivity index (χ4n) is 2.01. The molecule has 0 saturated carbocycles. The highest BCUT2D eigenvalue weighted by molar-refractivity contribution is 6.35. The van der Waals surface area contributed by atoms with Crippen LogP contribution in [0.3, 0.4) is 0 Å². The molecule has 0 spiro atoms. The lowest BCUT2D eigenvalue weighted by Gasteiger charge is -2.10. The first kappa shape index (κ1) is 15.5. The van der Waals surface area contributed by atoms with E-state index in [4.69, 9.17) is 4.74 Å². The van der Waals surface area contributed by atoms with Crippen LogP contribution in [0.4, 0.5) is 0 Å². The molecule has 0 unspecified atom stereocenters. The summed E-state index contributed by atoms with van der Waals surface area (Å²) >= 11 is 0. The molecule has 0 fully saturated rings. The van der Waals surface area contributed by atoms with Gasteiger partial charge in [0.15, 0.2) is 0 Å². The summed E-state index contributed by atoms with van der Waals surface area (Å²) in [6, 6.07) is 11.6. The molecular formula is C16H17N3O3. The average molecular weight is 299 g/mol. The van der Waals surface area contributed by atoms with Gasteiger partial charge in [0.25, 0.3) is 0 Å². The number of hydrazone groups is 1. The summed E-state index contributed by atoms with van der Waals surface area (Å²) in [6.07, 6.45) is 1.48. The molecule has 22 heavy (non-hydrogen) atoms. The molecule has 0 aliphatic heterocycles. The van der Waals surface area contributed by atoms with Crippen molar-refractivity contribution in [3.8, 4) is 5.75 Å². The summed E-state index contributed by atoms with van der Waals surface area (Å²) in [7, 11) is 1.38. The summed E-state index contributed by atoms with van der Waals surface area (Å²) < 4.78 is 5.59. The highest BCUT2D eigenvalue weighted by Crippen LogP contribution is 2.26. The Labute approximate surface area is 128 Å². The number of ether oxygens (including phenoxy) is 1. The Morgan fingerprint density at radius 3 is 2.68 bits per heavy atom. The lowest BCUT2D eigenvalue weighted by Crippen LogP contribution is -2.35. The van der Waals surface area contributed by atoms with Crippen molar-refractivity contribution in [2.75, 3.05) is 13.7 Å². The van der Waals surface area contributed by atoms with Crippen LogP contribution in [-0.2, 0) is 9.59 Å². The summed E-state index contributed by atoms with van der Waals surface area (Å²) in [4.78, 5) is 22.5. The highest BCUT2D eigenvalue weighted by Gasteiger charge is 2.10. The van der Waals surface area contributed by atoms with Gasteiger partial charge in [0.2, 0.25) is 0 Å². The number of nitrogens with one attached hydrogen (secondary N) is 2. The van der Waals surface area contributed by atoms with Crippen molar-refractivity contribution < 1.29 is 14.3 Å². The topological polar surface area (TPSA) is 79.8 Å². The van der Waals surface area contributed by atoms with Gasteiger partial charge in [0.05, 0.1) is 12.8 Å². The van der Waals surface area contributed by atoms with Crippen molar-refractivity contribution in [2.45, 2.75) is 6.92 Å². The van der Waals surface area contributed by atoms with E-state index in [2.05, 4.69) is 15.8 Å². The molecule has 0 radical (unpaired) electrons. The molecule has 114 valence electrons. The van der Waals surface area contributed by atoms with E-state index in [1.165, 1.54) is 13.3 Å².